The van der Waals surface area contributed by atoms with Crippen molar-refractivity contribution in [1.29, 1.82) is 0 Å². The van der Waals surface area contributed by atoms with Gasteiger partial charge in [-0.25, -0.2) is 4.68 Å². The summed E-state index contributed by atoms with van der Waals surface area (Å²) < 4.78 is 8.86. The summed E-state index contributed by atoms with van der Waals surface area (Å²) in [6, 6.07) is 16.7. The second-order valence-corrected chi connectivity index (χ2v) is 6.91. The molecule has 0 radical (unpaired) electrons. The van der Waals surface area contributed by atoms with Crippen LogP contribution in [0.2, 0.25) is 0 Å². The van der Waals surface area contributed by atoms with E-state index in [1.807, 2.05) is 70.3 Å². The van der Waals surface area contributed by atoms with Crippen molar-refractivity contribution in [2.24, 2.45) is 0 Å². The Morgan fingerprint density at radius 3 is 2.72 bits per heavy atom. The molecule has 3 aromatic heterocycles. The fourth-order valence-electron chi connectivity index (χ4n) is 2.71. The molecule has 0 fully saturated rings. The summed E-state index contributed by atoms with van der Waals surface area (Å²) in [5.41, 5.74) is 1.37. The van der Waals surface area contributed by atoms with Gasteiger partial charge in [0, 0.05) is 30.3 Å². The van der Waals surface area contributed by atoms with Gasteiger partial charge in [-0.1, -0.05) is 23.9 Å². The molecule has 29 heavy (non-hydrogen) atoms. The third-order valence-corrected chi connectivity index (χ3v) is 4.93. The lowest BCUT2D eigenvalue weighted by atomic mass is 10.3. The van der Waals surface area contributed by atoms with Gasteiger partial charge in [-0.2, -0.15) is 0 Å². The molecular weight excluding hydrogens is 388 g/mol. The molecule has 0 atom stereocenters. The van der Waals surface area contributed by atoms with Crippen LogP contribution in [-0.2, 0) is 4.79 Å². The second-order valence-electron chi connectivity index (χ2n) is 5.96. The Morgan fingerprint density at radius 1 is 1.10 bits per heavy atom. The Morgan fingerprint density at radius 2 is 1.97 bits per heavy atom. The molecule has 0 spiro atoms. The van der Waals surface area contributed by atoms with Gasteiger partial charge in [0.1, 0.15) is 11.4 Å². The van der Waals surface area contributed by atoms with Crippen LogP contribution < -0.4 is 10.1 Å². The lowest BCUT2D eigenvalue weighted by Crippen LogP contribution is -2.16. The van der Waals surface area contributed by atoms with E-state index in [1.165, 1.54) is 11.8 Å². The van der Waals surface area contributed by atoms with E-state index in [4.69, 9.17) is 4.74 Å². The normalized spacial score (nSPS) is 10.7. The fraction of sp³-hybridized carbons (Fsp3) is 0.100. The number of benzene rings is 1. The molecule has 0 saturated heterocycles. The van der Waals surface area contributed by atoms with Gasteiger partial charge in [-0.3, -0.25) is 14.5 Å². The average molecular weight is 406 g/mol. The molecule has 9 heteroatoms. The lowest BCUT2D eigenvalue weighted by Gasteiger charge is -2.11. The first-order valence-corrected chi connectivity index (χ1v) is 9.80. The molecule has 1 N–H and O–H groups in total. The van der Waals surface area contributed by atoms with Gasteiger partial charge in [0.25, 0.3) is 0 Å². The number of hydrogen-bond acceptors (Lipinski definition) is 6. The zero-order chi connectivity index (χ0) is 20.1. The van der Waals surface area contributed by atoms with Crippen molar-refractivity contribution in [3.05, 3.63) is 73.2 Å². The standard InChI is InChI=1S/C20H18N6O2S/c1-28-16-8-6-7-15(13-16)22-18(27)14-29-20-24-23-19(17-9-2-3-10-21-17)26(20)25-11-4-5-12-25/h2-13H,14H2,1H3,(H,22,27). The summed E-state index contributed by atoms with van der Waals surface area (Å²) in [4.78, 5) is 16.8. The summed E-state index contributed by atoms with van der Waals surface area (Å²) in [5, 5.41) is 12.0. The van der Waals surface area contributed by atoms with Crippen molar-refractivity contribution in [2.45, 2.75) is 5.16 Å². The van der Waals surface area contributed by atoms with E-state index < -0.39 is 0 Å². The summed E-state index contributed by atoms with van der Waals surface area (Å²) in [7, 11) is 1.59. The number of thioether (sulfide) groups is 1. The molecule has 0 aliphatic heterocycles. The molecule has 3 heterocycles. The van der Waals surface area contributed by atoms with E-state index in [2.05, 4.69) is 20.5 Å². The number of carbonyl (C=O) groups is 1. The first kappa shape index (κ1) is 18.8. The Bertz CT molecular complexity index is 1100. The highest BCUT2D eigenvalue weighted by molar-refractivity contribution is 7.99. The molecule has 0 aliphatic carbocycles. The number of anilines is 1. The minimum absolute atomic E-state index is 0.148. The second kappa shape index (κ2) is 8.61. The first-order valence-electron chi connectivity index (χ1n) is 8.82. The van der Waals surface area contributed by atoms with Gasteiger partial charge in [0.05, 0.1) is 12.9 Å². The zero-order valence-corrected chi connectivity index (χ0v) is 16.4. The molecule has 0 bridgehead atoms. The van der Waals surface area contributed by atoms with Crippen molar-refractivity contribution >= 4 is 23.4 Å². The largest absolute Gasteiger partial charge is 0.497 e. The van der Waals surface area contributed by atoms with Crippen LogP contribution in [0.3, 0.4) is 0 Å². The van der Waals surface area contributed by atoms with E-state index in [0.717, 1.165) is 0 Å². The van der Waals surface area contributed by atoms with Crippen molar-refractivity contribution < 1.29 is 9.53 Å². The van der Waals surface area contributed by atoms with E-state index in [0.29, 0.717) is 28.1 Å². The van der Waals surface area contributed by atoms with Crippen LogP contribution in [0.25, 0.3) is 11.5 Å². The summed E-state index contributed by atoms with van der Waals surface area (Å²) in [6.07, 6.45) is 5.48. The van der Waals surface area contributed by atoms with Gasteiger partial charge in [0.15, 0.2) is 0 Å². The number of hydrogen-bond donors (Lipinski definition) is 1. The highest BCUT2D eigenvalue weighted by Crippen LogP contribution is 2.23. The molecular formula is C20H18N6O2S. The number of carbonyl (C=O) groups excluding carboxylic acids is 1. The Labute approximate surface area is 171 Å². The van der Waals surface area contributed by atoms with Gasteiger partial charge in [-0.05, 0) is 36.4 Å². The summed E-state index contributed by atoms with van der Waals surface area (Å²) >= 11 is 1.30. The Kier molecular flexibility index (Phi) is 5.57. The van der Waals surface area contributed by atoms with E-state index in [1.54, 1.807) is 19.4 Å². The SMILES string of the molecule is COc1cccc(NC(=O)CSc2nnc(-c3ccccn3)n2-n2cccc2)c1. The highest BCUT2D eigenvalue weighted by Gasteiger charge is 2.17. The maximum absolute atomic E-state index is 12.4. The van der Waals surface area contributed by atoms with Crippen LogP contribution in [0.4, 0.5) is 5.69 Å². The van der Waals surface area contributed by atoms with Crippen molar-refractivity contribution in [1.82, 2.24) is 24.5 Å². The van der Waals surface area contributed by atoms with Crippen LogP contribution in [0, 0.1) is 0 Å². The summed E-state index contributed by atoms with van der Waals surface area (Å²) in [6.45, 7) is 0. The van der Waals surface area contributed by atoms with Crippen molar-refractivity contribution in [3.63, 3.8) is 0 Å². The average Bonchev–Trinajstić information content (AvgIpc) is 3.42. The minimum atomic E-state index is -0.148. The van der Waals surface area contributed by atoms with Crippen molar-refractivity contribution in [3.8, 4) is 17.3 Å². The maximum Gasteiger partial charge on any atom is 0.234 e. The quantitative estimate of drug-likeness (QED) is 0.474. The smallest absolute Gasteiger partial charge is 0.234 e. The number of aromatic nitrogens is 5. The predicted octanol–water partition coefficient (Wildman–Crippen LogP) is 3.19. The number of ether oxygens (including phenoxy) is 1. The molecule has 0 aliphatic rings. The molecule has 8 nitrogen and oxygen atoms in total. The maximum atomic E-state index is 12.4. The van der Waals surface area contributed by atoms with Gasteiger partial charge in [-0.15, -0.1) is 10.2 Å². The third-order valence-electron chi connectivity index (χ3n) is 4.01. The molecule has 146 valence electrons. The molecule has 4 rings (SSSR count). The lowest BCUT2D eigenvalue weighted by molar-refractivity contribution is -0.113. The molecule has 0 unspecified atom stereocenters. The number of methoxy groups -OCH3 is 1. The van der Waals surface area contributed by atoms with Crippen LogP contribution in [-0.4, -0.2) is 43.3 Å². The number of pyridine rings is 1. The zero-order valence-electron chi connectivity index (χ0n) is 15.6. The third kappa shape index (κ3) is 4.30. The number of nitrogens with one attached hydrogen (secondary N) is 1. The van der Waals surface area contributed by atoms with Gasteiger partial charge >= 0.3 is 0 Å². The predicted molar refractivity (Wildman–Crippen MR) is 111 cm³/mol. The first-order chi connectivity index (χ1) is 14.2. The Balaban J connectivity index is 1.53. The highest BCUT2D eigenvalue weighted by atomic mass is 32.2. The number of rotatable bonds is 7. The molecule has 0 saturated carbocycles. The van der Waals surface area contributed by atoms with Crippen molar-refractivity contribution in [2.75, 3.05) is 18.2 Å². The Hall–Kier alpha value is -3.59. The number of amides is 1. The fourth-order valence-corrected chi connectivity index (χ4v) is 3.44. The monoisotopic (exact) mass is 406 g/mol. The van der Waals surface area contributed by atoms with Gasteiger partial charge in [0.2, 0.25) is 16.9 Å². The van der Waals surface area contributed by atoms with Crippen LogP contribution in [0.1, 0.15) is 0 Å². The topological polar surface area (TPSA) is 86.9 Å². The molecule has 1 aromatic carbocycles. The van der Waals surface area contributed by atoms with Crippen LogP contribution in [0.5, 0.6) is 5.75 Å². The van der Waals surface area contributed by atoms with Crippen LogP contribution >= 0.6 is 11.8 Å². The van der Waals surface area contributed by atoms with E-state index in [-0.39, 0.29) is 11.7 Å². The van der Waals surface area contributed by atoms with Gasteiger partial charge < -0.3 is 10.1 Å². The minimum Gasteiger partial charge on any atom is -0.497 e. The molecule has 1 amide bonds. The summed E-state index contributed by atoms with van der Waals surface area (Å²) in [5.74, 6) is 1.31. The van der Waals surface area contributed by atoms with Crippen LogP contribution in [0.15, 0.2) is 78.3 Å². The van der Waals surface area contributed by atoms with E-state index >= 15 is 0 Å². The number of nitrogens with zero attached hydrogens (tertiary/aromatic N) is 5. The molecule has 4 aromatic rings. The van der Waals surface area contributed by atoms with E-state index in [9.17, 15) is 4.79 Å².